The van der Waals surface area contributed by atoms with Crippen molar-refractivity contribution >= 4 is 24.4 Å². The van der Waals surface area contributed by atoms with Crippen LogP contribution in [0, 0.1) is 0 Å². The normalized spacial score (nSPS) is 10.2. The molecule has 1 rings (SSSR count). The van der Waals surface area contributed by atoms with Gasteiger partial charge in [0.1, 0.15) is 0 Å². The van der Waals surface area contributed by atoms with Gasteiger partial charge in [-0.15, -0.1) is 24.4 Å². The van der Waals surface area contributed by atoms with Crippen molar-refractivity contribution in [1.82, 2.24) is 0 Å². The average molecular weight is 198 g/mol. The zero-order chi connectivity index (χ0) is 8.81. The quantitative estimate of drug-likeness (QED) is 0.435. The molecular formula is C10H14S2. The molecule has 0 spiro atoms. The maximum Gasteiger partial charge on any atom is 0.00829 e. The molecule has 0 heterocycles. The Bertz CT molecular complexity index is 233. The van der Waals surface area contributed by atoms with Crippen LogP contribution in [0.2, 0.25) is 0 Å². The Balaban J connectivity index is 2.41. The second kappa shape index (κ2) is 5.55. The van der Waals surface area contributed by atoms with Crippen molar-refractivity contribution in [2.45, 2.75) is 29.6 Å². The van der Waals surface area contributed by atoms with Gasteiger partial charge in [-0.2, -0.15) is 0 Å². The van der Waals surface area contributed by atoms with Gasteiger partial charge in [0.15, 0.2) is 0 Å². The summed E-state index contributed by atoms with van der Waals surface area (Å²) in [5, 5.41) is 0. The summed E-state index contributed by atoms with van der Waals surface area (Å²) in [6.07, 6.45) is 2.56. The molecule has 0 saturated heterocycles. The number of unbranched alkanes of at least 4 members (excludes halogenated alkanes) is 1. The molecule has 0 atom stereocenters. The number of thiol groups is 1. The predicted octanol–water partition coefficient (Wildman–Crippen LogP) is 3.87. The summed E-state index contributed by atoms with van der Waals surface area (Å²) in [4.78, 5) is 2.38. The zero-order valence-electron chi connectivity index (χ0n) is 7.29. The van der Waals surface area contributed by atoms with Gasteiger partial charge in [-0.25, -0.2) is 0 Å². The Morgan fingerprint density at radius 2 is 2.25 bits per heavy atom. The third kappa shape index (κ3) is 3.55. The minimum absolute atomic E-state index is 1.05. The maximum atomic E-state index is 4.29. The van der Waals surface area contributed by atoms with E-state index in [2.05, 4.69) is 37.8 Å². The molecule has 0 aliphatic heterocycles. The number of thioether (sulfide) groups is 1. The smallest absolute Gasteiger partial charge is 0.00829 e. The molecule has 0 saturated carbocycles. The predicted molar refractivity (Wildman–Crippen MR) is 59.3 cm³/mol. The van der Waals surface area contributed by atoms with Crippen LogP contribution in [-0.4, -0.2) is 5.75 Å². The highest BCUT2D eigenvalue weighted by molar-refractivity contribution is 7.99. The lowest BCUT2D eigenvalue weighted by molar-refractivity contribution is 0.896. The monoisotopic (exact) mass is 198 g/mol. The van der Waals surface area contributed by atoms with E-state index in [1.54, 1.807) is 0 Å². The number of rotatable bonds is 4. The molecule has 1 aromatic rings. The first-order chi connectivity index (χ1) is 5.83. The Morgan fingerprint density at radius 3 is 2.92 bits per heavy atom. The third-order valence-electron chi connectivity index (χ3n) is 1.58. The van der Waals surface area contributed by atoms with Crippen LogP contribution in [-0.2, 0) is 0 Å². The van der Waals surface area contributed by atoms with Gasteiger partial charge >= 0.3 is 0 Å². The van der Waals surface area contributed by atoms with Crippen LogP contribution in [0.3, 0.4) is 0 Å². The van der Waals surface area contributed by atoms with Crippen LogP contribution in [0.5, 0.6) is 0 Å². The van der Waals surface area contributed by atoms with E-state index in [-0.39, 0.29) is 0 Å². The summed E-state index contributed by atoms with van der Waals surface area (Å²) < 4.78 is 0. The van der Waals surface area contributed by atoms with E-state index in [0.717, 1.165) is 4.90 Å². The summed E-state index contributed by atoms with van der Waals surface area (Å²) in [6, 6.07) is 8.31. The topological polar surface area (TPSA) is 0 Å². The molecule has 12 heavy (non-hydrogen) atoms. The molecule has 2 heteroatoms. The van der Waals surface area contributed by atoms with Crippen molar-refractivity contribution in [3.05, 3.63) is 24.3 Å². The number of hydrogen-bond acceptors (Lipinski definition) is 2. The lowest BCUT2D eigenvalue weighted by Crippen LogP contribution is -1.77. The van der Waals surface area contributed by atoms with Crippen LogP contribution in [0.25, 0.3) is 0 Å². The minimum Gasteiger partial charge on any atom is -0.143 e. The summed E-state index contributed by atoms with van der Waals surface area (Å²) in [6.45, 7) is 2.22. The Labute approximate surface area is 84.2 Å². The van der Waals surface area contributed by atoms with Gasteiger partial charge in [0, 0.05) is 9.79 Å². The second-order valence-electron chi connectivity index (χ2n) is 2.70. The van der Waals surface area contributed by atoms with Crippen LogP contribution in [0.1, 0.15) is 19.8 Å². The lowest BCUT2D eigenvalue weighted by Gasteiger charge is -2.00. The van der Waals surface area contributed by atoms with Crippen molar-refractivity contribution in [2.75, 3.05) is 5.75 Å². The fourth-order valence-corrected chi connectivity index (χ4v) is 2.27. The first-order valence-electron chi connectivity index (χ1n) is 4.24. The largest absolute Gasteiger partial charge is 0.143 e. The van der Waals surface area contributed by atoms with E-state index in [1.165, 1.54) is 23.5 Å². The summed E-state index contributed by atoms with van der Waals surface area (Å²) >= 11 is 6.20. The maximum absolute atomic E-state index is 4.29. The number of benzene rings is 1. The summed E-state index contributed by atoms with van der Waals surface area (Å²) in [5.74, 6) is 1.22. The van der Waals surface area contributed by atoms with Crippen molar-refractivity contribution in [3.63, 3.8) is 0 Å². The fourth-order valence-electron chi connectivity index (χ4n) is 0.908. The lowest BCUT2D eigenvalue weighted by atomic mass is 10.4. The zero-order valence-corrected chi connectivity index (χ0v) is 9.00. The van der Waals surface area contributed by atoms with Crippen LogP contribution < -0.4 is 0 Å². The molecule has 0 fully saturated rings. The molecule has 0 bridgehead atoms. The van der Waals surface area contributed by atoms with Crippen LogP contribution in [0.15, 0.2) is 34.1 Å². The van der Waals surface area contributed by atoms with E-state index in [1.807, 2.05) is 17.8 Å². The molecule has 0 unspecified atom stereocenters. The van der Waals surface area contributed by atoms with E-state index in [4.69, 9.17) is 0 Å². The first-order valence-corrected chi connectivity index (χ1v) is 5.68. The van der Waals surface area contributed by atoms with Gasteiger partial charge in [0.05, 0.1) is 0 Å². The molecule has 0 aliphatic carbocycles. The van der Waals surface area contributed by atoms with E-state index < -0.39 is 0 Å². The van der Waals surface area contributed by atoms with Crippen molar-refractivity contribution in [1.29, 1.82) is 0 Å². The molecule has 66 valence electrons. The van der Waals surface area contributed by atoms with Gasteiger partial charge in [0.2, 0.25) is 0 Å². The van der Waals surface area contributed by atoms with Crippen molar-refractivity contribution in [3.8, 4) is 0 Å². The highest BCUT2D eigenvalue weighted by atomic mass is 32.2. The molecule has 1 aromatic carbocycles. The van der Waals surface area contributed by atoms with Crippen molar-refractivity contribution < 1.29 is 0 Å². The summed E-state index contributed by atoms with van der Waals surface area (Å²) in [5.41, 5.74) is 0. The van der Waals surface area contributed by atoms with Gasteiger partial charge < -0.3 is 0 Å². The van der Waals surface area contributed by atoms with Crippen LogP contribution >= 0.6 is 24.4 Å². The standard InChI is InChI=1S/C10H14S2/c1-2-3-7-12-10-6-4-5-9(11)8-10/h4-6,8,11H,2-3,7H2,1H3. The van der Waals surface area contributed by atoms with E-state index in [9.17, 15) is 0 Å². The summed E-state index contributed by atoms with van der Waals surface area (Å²) in [7, 11) is 0. The molecule has 0 nitrogen and oxygen atoms in total. The molecule has 0 radical (unpaired) electrons. The van der Waals surface area contributed by atoms with Gasteiger partial charge in [0.25, 0.3) is 0 Å². The third-order valence-corrected chi connectivity index (χ3v) is 2.94. The molecule has 0 N–H and O–H groups in total. The first kappa shape index (κ1) is 10.0. The highest BCUT2D eigenvalue weighted by Crippen LogP contribution is 2.21. The fraction of sp³-hybridized carbons (Fsp3) is 0.400. The highest BCUT2D eigenvalue weighted by Gasteiger charge is 1.92. The van der Waals surface area contributed by atoms with Gasteiger partial charge in [-0.3, -0.25) is 0 Å². The second-order valence-corrected chi connectivity index (χ2v) is 4.38. The van der Waals surface area contributed by atoms with E-state index >= 15 is 0 Å². The Hall–Kier alpha value is -0.0800. The average Bonchev–Trinajstić information content (AvgIpc) is 2.05. The molecule has 0 amide bonds. The minimum atomic E-state index is 1.05. The SMILES string of the molecule is CCCCSc1cccc(S)c1. The number of hydrogen-bond donors (Lipinski definition) is 1. The Kier molecular flexibility index (Phi) is 4.62. The molecule has 0 aliphatic rings. The van der Waals surface area contributed by atoms with Crippen molar-refractivity contribution in [2.24, 2.45) is 0 Å². The van der Waals surface area contributed by atoms with E-state index in [0.29, 0.717) is 0 Å². The molecular weight excluding hydrogens is 184 g/mol. The Morgan fingerprint density at radius 1 is 1.42 bits per heavy atom. The van der Waals surface area contributed by atoms with Gasteiger partial charge in [-0.05, 0) is 30.4 Å². The molecule has 0 aromatic heterocycles. The van der Waals surface area contributed by atoms with Crippen LogP contribution in [0.4, 0.5) is 0 Å². The van der Waals surface area contributed by atoms with Gasteiger partial charge in [-0.1, -0.05) is 19.4 Å².